The first kappa shape index (κ1) is 14.4. The molecule has 1 aromatic carbocycles. The lowest BCUT2D eigenvalue weighted by Gasteiger charge is -2.21. The van der Waals surface area contributed by atoms with E-state index in [1.54, 1.807) is 24.3 Å². The summed E-state index contributed by atoms with van der Waals surface area (Å²) in [5.41, 5.74) is 0.796. The maximum absolute atomic E-state index is 11.8. The van der Waals surface area contributed by atoms with Gasteiger partial charge in [-0.25, -0.2) is 0 Å². The van der Waals surface area contributed by atoms with E-state index in [0.29, 0.717) is 16.1 Å². The molecule has 2 nitrogen and oxygen atoms in total. The molecule has 0 aliphatic heterocycles. The van der Waals surface area contributed by atoms with Crippen LogP contribution in [0.1, 0.15) is 37.7 Å². The van der Waals surface area contributed by atoms with Gasteiger partial charge >= 0.3 is 0 Å². The highest BCUT2D eigenvalue weighted by Gasteiger charge is 2.14. The van der Waals surface area contributed by atoms with Gasteiger partial charge in [0.1, 0.15) is 0 Å². The van der Waals surface area contributed by atoms with Gasteiger partial charge < -0.3 is 5.32 Å². The Balaban J connectivity index is 1.92. The topological polar surface area (TPSA) is 29.1 Å². The average Bonchev–Trinajstić information content (AvgIpc) is 2.39. The molecule has 2 rings (SSSR count). The number of carbonyl (C=O) groups excluding carboxylic acids is 1. The highest BCUT2D eigenvalue weighted by Crippen LogP contribution is 2.22. The SMILES string of the molecule is O=C(/C=C/c1ccc(Cl)cc1Cl)NC1CCCCC1. The van der Waals surface area contributed by atoms with E-state index in [1.165, 1.54) is 25.3 Å². The summed E-state index contributed by atoms with van der Waals surface area (Å²) in [4.78, 5) is 11.8. The number of nitrogens with one attached hydrogen (secondary N) is 1. The van der Waals surface area contributed by atoms with Crippen molar-refractivity contribution in [2.24, 2.45) is 0 Å². The normalized spacial score (nSPS) is 16.7. The molecule has 0 radical (unpaired) electrons. The minimum Gasteiger partial charge on any atom is -0.350 e. The van der Waals surface area contributed by atoms with Gasteiger partial charge in [-0.1, -0.05) is 48.5 Å². The van der Waals surface area contributed by atoms with Crippen molar-refractivity contribution in [2.45, 2.75) is 38.1 Å². The van der Waals surface area contributed by atoms with Gasteiger partial charge in [0.2, 0.25) is 5.91 Å². The molecule has 0 aromatic heterocycles. The first-order valence-corrected chi connectivity index (χ1v) is 7.34. The first-order chi connectivity index (χ1) is 9.15. The van der Waals surface area contributed by atoms with E-state index < -0.39 is 0 Å². The van der Waals surface area contributed by atoms with Gasteiger partial charge in [0, 0.05) is 22.2 Å². The zero-order chi connectivity index (χ0) is 13.7. The predicted octanol–water partition coefficient (Wildman–Crippen LogP) is 4.46. The molecule has 0 spiro atoms. The van der Waals surface area contributed by atoms with E-state index in [-0.39, 0.29) is 5.91 Å². The molecule has 0 heterocycles. The number of carbonyl (C=O) groups is 1. The van der Waals surface area contributed by atoms with Crippen LogP contribution in [0, 0.1) is 0 Å². The molecule has 1 amide bonds. The van der Waals surface area contributed by atoms with Crippen molar-refractivity contribution >= 4 is 35.2 Å². The number of halogens is 2. The molecule has 0 unspecified atom stereocenters. The zero-order valence-corrected chi connectivity index (χ0v) is 12.2. The number of rotatable bonds is 3. The summed E-state index contributed by atoms with van der Waals surface area (Å²) in [5.74, 6) is -0.0575. The summed E-state index contributed by atoms with van der Waals surface area (Å²) >= 11 is 11.9. The molecule has 1 fully saturated rings. The Labute approximate surface area is 123 Å². The minimum absolute atomic E-state index is 0.0575. The largest absolute Gasteiger partial charge is 0.350 e. The molecule has 0 atom stereocenters. The number of hydrogen-bond acceptors (Lipinski definition) is 1. The number of hydrogen-bond donors (Lipinski definition) is 1. The fourth-order valence-electron chi connectivity index (χ4n) is 2.30. The van der Waals surface area contributed by atoms with Crippen LogP contribution >= 0.6 is 23.2 Å². The van der Waals surface area contributed by atoms with Gasteiger partial charge in [0.15, 0.2) is 0 Å². The van der Waals surface area contributed by atoms with Crippen molar-refractivity contribution in [1.82, 2.24) is 5.32 Å². The van der Waals surface area contributed by atoms with Gasteiger partial charge in [-0.2, -0.15) is 0 Å². The predicted molar refractivity (Wildman–Crippen MR) is 80.5 cm³/mol. The van der Waals surface area contributed by atoms with Crippen LogP contribution in [-0.4, -0.2) is 11.9 Å². The average molecular weight is 298 g/mol. The molecule has 19 heavy (non-hydrogen) atoms. The number of amides is 1. The smallest absolute Gasteiger partial charge is 0.244 e. The Morgan fingerprint density at radius 1 is 1.21 bits per heavy atom. The van der Waals surface area contributed by atoms with Crippen LogP contribution in [0.4, 0.5) is 0 Å². The van der Waals surface area contributed by atoms with Crippen molar-refractivity contribution < 1.29 is 4.79 Å². The lowest BCUT2D eigenvalue weighted by Crippen LogP contribution is -2.34. The van der Waals surface area contributed by atoms with Crippen molar-refractivity contribution in [3.63, 3.8) is 0 Å². The molecule has 102 valence electrons. The van der Waals surface area contributed by atoms with Gasteiger partial charge in [-0.15, -0.1) is 0 Å². The molecule has 0 saturated heterocycles. The molecule has 1 aromatic rings. The van der Waals surface area contributed by atoms with Gasteiger partial charge in [0.25, 0.3) is 0 Å². The second-order valence-corrected chi connectivity index (χ2v) is 5.69. The Morgan fingerprint density at radius 3 is 2.63 bits per heavy atom. The van der Waals surface area contributed by atoms with E-state index in [4.69, 9.17) is 23.2 Å². The summed E-state index contributed by atoms with van der Waals surface area (Å²) < 4.78 is 0. The van der Waals surface area contributed by atoms with Crippen LogP contribution < -0.4 is 5.32 Å². The summed E-state index contributed by atoms with van der Waals surface area (Å²) in [6.07, 6.45) is 9.11. The van der Waals surface area contributed by atoms with E-state index in [0.717, 1.165) is 18.4 Å². The highest BCUT2D eigenvalue weighted by atomic mass is 35.5. The van der Waals surface area contributed by atoms with Crippen LogP contribution in [0.25, 0.3) is 6.08 Å². The standard InChI is InChI=1S/C15H17Cl2NO/c16-12-8-6-11(14(17)10-12)7-9-15(19)18-13-4-2-1-3-5-13/h6-10,13H,1-5H2,(H,18,19)/b9-7+. The van der Waals surface area contributed by atoms with E-state index in [2.05, 4.69) is 5.32 Å². The third kappa shape index (κ3) is 4.55. The third-order valence-corrected chi connectivity index (χ3v) is 3.89. The summed E-state index contributed by atoms with van der Waals surface area (Å²) in [5, 5.41) is 4.17. The highest BCUT2D eigenvalue weighted by molar-refractivity contribution is 6.35. The van der Waals surface area contributed by atoms with Gasteiger partial charge in [-0.05, 0) is 36.6 Å². The van der Waals surface area contributed by atoms with Crippen LogP contribution in [0.5, 0.6) is 0 Å². The molecule has 1 saturated carbocycles. The fraction of sp³-hybridized carbons (Fsp3) is 0.400. The molecule has 0 bridgehead atoms. The molecule has 4 heteroatoms. The minimum atomic E-state index is -0.0575. The van der Waals surface area contributed by atoms with Gasteiger partial charge in [0.05, 0.1) is 0 Å². The van der Waals surface area contributed by atoms with E-state index in [1.807, 2.05) is 0 Å². The van der Waals surface area contributed by atoms with Crippen molar-refractivity contribution in [2.75, 3.05) is 0 Å². The molecular formula is C15H17Cl2NO. The Bertz CT molecular complexity index is 479. The zero-order valence-electron chi connectivity index (χ0n) is 10.7. The fourth-order valence-corrected chi connectivity index (χ4v) is 2.77. The van der Waals surface area contributed by atoms with Crippen LogP contribution in [0.3, 0.4) is 0 Å². The second kappa shape index (κ2) is 6.97. The Hall–Kier alpha value is -0.990. The Morgan fingerprint density at radius 2 is 1.95 bits per heavy atom. The summed E-state index contributed by atoms with van der Waals surface area (Å²) in [6, 6.07) is 5.55. The van der Waals surface area contributed by atoms with Crippen molar-refractivity contribution in [3.05, 3.63) is 39.9 Å². The maximum Gasteiger partial charge on any atom is 0.244 e. The van der Waals surface area contributed by atoms with Crippen LogP contribution in [0.15, 0.2) is 24.3 Å². The van der Waals surface area contributed by atoms with Crippen molar-refractivity contribution in [1.29, 1.82) is 0 Å². The second-order valence-electron chi connectivity index (χ2n) is 4.84. The van der Waals surface area contributed by atoms with Crippen LogP contribution in [0.2, 0.25) is 10.0 Å². The lowest BCUT2D eigenvalue weighted by molar-refractivity contribution is -0.117. The van der Waals surface area contributed by atoms with Crippen molar-refractivity contribution in [3.8, 4) is 0 Å². The van der Waals surface area contributed by atoms with Gasteiger partial charge in [-0.3, -0.25) is 4.79 Å². The van der Waals surface area contributed by atoms with E-state index in [9.17, 15) is 4.79 Å². The van der Waals surface area contributed by atoms with Crippen LogP contribution in [-0.2, 0) is 4.79 Å². The third-order valence-electron chi connectivity index (χ3n) is 3.33. The summed E-state index contributed by atoms with van der Waals surface area (Å²) in [7, 11) is 0. The molecule has 1 aliphatic carbocycles. The lowest BCUT2D eigenvalue weighted by atomic mass is 9.95. The Kier molecular flexibility index (Phi) is 5.29. The molecule has 1 aliphatic rings. The quantitative estimate of drug-likeness (QED) is 0.820. The maximum atomic E-state index is 11.8. The van der Waals surface area contributed by atoms with E-state index >= 15 is 0 Å². The first-order valence-electron chi connectivity index (χ1n) is 6.59. The molecule has 1 N–H and O–H groups in total. The monoisotopic (exact) mass is 297 g/mol. The number of benzene rings is 1. The molecular weight excluding hydrogens is 281 g/mol. The summed E-state index contributed by atoms with van der Waals surface area (Å²) in [6.45, 7) is 0.